The van der Waals surface area contributed by atoms with Crippen LogP contribution in [-0.4, -0.2) is 68.7 Å². The topological polar surface area (TPSA) is 179 Å². The van der Waals surface area contributed by atoms with Crippen LogP contribution in [0.25, 0.3) is 0 Å². The van der Waals surface area contributed by atoms with Gasteiger partial charge in [-0.3, -0.25) is 14.4 Å². The molecule has 0 fully saturated rings. The second-order valence-corrected chi connectivity index (χ2v) is 9.22. The Balaban J connectivity index is 2.82. The van der Waals surface area contributed by atoms with Gasteiger partial charge in [0.25, 0.3) is 0 Å². The van der Waals surface area contributed by atoms with Gasteiger partial charge in [0.15, 0.2) is 0 Å². The summed E-state index contributed by atoms with van der Waals surface area (Å²) in [5.41, 5.74) is 6.65. The first kappa shape index (κ1) is 28.4. The van der Waals surface area contributed by atoms with E-state index in [-0.39, 0.29) is 30.4 Å². The molecule has 0 aliphatic carbocycles. The van der Waals surface area contributed by atoms with Gasteiger partial charge in [0.2, 0.25) is 17.7 Å². The molecule has 4 unspecified atom stereocenters. The van der Waals surface area contributed by atoms with Crippen LogP contribution in [0.4, 0.5) is 0 Å². The van der Waals surface area contributed by atoms with Crippen molar-refractivity contribution < 1.29 is 24.3 Å². The van der Waals surface area contributed by atoms with Crippen molar-refractivity contribution in [1.82, 2.24) is 25.9 Å². The zero-order valence-corrected chi connectivity index (χ0v) is 20.4. The highest BCUT2D eigenvalue weighted by molar-refractivity contribution is 7.80. The summed E-state index contributed by atoms with van der Waals surface area (Å²) in [7, 11) is 0. The van der Waals surface area contributed by atoms with E-state index in [0.29, 0.717) is 12.1 Å². The van der Waals surface area contributed by atoms with Crippen LogP contribution in [0, 0.1) is 11.8 Å². The highest BCUT2D eigenvalue weighted by Crippen LogP contribution is 2.08. The first-order chi connectivity index (χ1) is 15.4. The summed E-state index contributed by atoms with van der Waals surface area (Å²) in [4.78, 5) is 56.3. The third-order valence-corrected chi connectivity index (χ3v) is 5.17. The number of carbonyl (C=O) groups excluding carboxylic acids is 3. The number of thiol groups is 1. The van der Waals surface area contributed by atoms with Gasteiger partial charge < -0.3 is 31.8 Å². The van der Waals surface area contributed by atoms with E-state index in [4.69, 9.17) is 5.73 Å². The number of H-pyrrole nitrogens is 1. The maximum Gasteiger partial charge on any atom is 0.326 e. The van der Waals surface area contributed by atoms with Gasteiger partial charge in [0.1, 0.15) is 18.1 Å². The van der Waals surface area contributed by atoms with Crippen molar-refractivity contribution in [3.63, 3.8) is 0 Å². The molecular formula is C21H36N6O5S. The molecule has 0 bridgehead atoms. The molecule has 3 amide bonds. The van der Waals surface area contributed by atoms with E-state index in [2.05, 4.69) is 38.5 Å². The molecule has 4 atom stereocenters. The summed E-state index contributed by atoms with van der Waals surface area (Å²) in [6.45, 7) is 7.47. The molecule has 0 saturated heterocycles. The molecule has 0 saturated carbocycles. The molecule has 33 heavy (non-hydrogen) atoms. The van der Waals surface area contributed by atoms with Crippen LogP contribution in [-0.2, 0) is 25.6 Å². The van der Waals surface area contributed by atoms with Crippen LogP contribution in [0.15, 0.2) is 12.5 Å². The number of carbonyl (C=O) groups is 4. The van der Waals surface area contributed by atoms with E-state index in [9.17, 15) is 24.3 Å². The zero-order valence-electron chi connectivity index (χ0n) is 19.5. The molecular weight excluding hydrogens is 448 g/mol. The number of carboxylic acid groups (broad SMARTS) is 1. The smallest absolute Gasteiger partial charge is 0.326 e. The number of nitrogens with zero attached hydrogens (tertiary/aromatic N) is 1. The fourth-order valence-electron chi connectivity index (χ4n) is 3.14. The fourth-order valence-corrected chi connectivity index (χ4v) is 3.40. The number of aliphatic carboxylic acids is 1. The zero-order chi connectivity index (χ0) is 25.1. The first-order valence-electron chi connectivity index (χ1n) is 10.9. The number of amides is 3. The van der Waals surface area contributed by atoms with Crippen molar-refractivity contribution in [3.8, 4) is 0 Å². The normalized spacial score (nSPS) is 14.9. The molecule has 186 valence electrons. The summed E-state index contributed by atoms with van der Waals surface area (Å²) < 4.78 is 0. The van der Waals surface area contributed by atoms with Gasteiger partial charge in [0, 0.05) is 24.1 Å². The Bertz CT molecular complexity index is 786. The minimum atomic E-state index is -1.16. The second-order valence-electron chi connectivity index (χ2n) is 8.85. The second kappa shape index (κ2) is 13.8. The lowest BCUT2D eigenvalue weighted by atomic mass is 10.0. The lowest BCUT2D eigenvalue weighted by Gasteiger charge is -2.25. The average molecular weight is 485 g/mol. The van der Waals surface area contributed by atoms with Crippen molar-refractivity contribution in [2.45, 2.75) is 71.1 Å². The van der Waals surface area contributed by atoms with E-state index in [1.54, 1.807) is 6.20 Å². The molecule has 1 aromatic rings. The average Bonchev–Trinajstić information content (AvgIpc) is 3.22. The number of aromatic amines is 1. The lowest BCUT2D eigenvalue weighted by molar-refractivity contribution is -0.142. The number of carboxylic acids is 1. The van der Waals surface area contributed by atoms with Gasteiger partial charge in [-0.2, -0.15) is 12.6 Å². The van der Waals surface area contributed by atoms with E-state index >= 15 is 0 Å². The Morgan fingerprint density at radius 1 is 0.970 bits per heavy atom. The minimum Gasteiger partial charge on any atom is -0.480 e. The monoisotopic (exact) mass is 484 g/mol. The predicted molar refractivity (Wildman–Crippen MR) is 126 cm³/mol. The molecule has 1 rings (SSSR count). The van der Waals surface area contributed by atoms with E-state index in [1.165, 1.54) is 6.33 Å². The van der Waals surface area contributed by atoms with E-state index in [0.717, 1.165) is 0 Å². The molecule has 7 N–H and O–H groups in total. The van der Waals surface area contributed by atoms with Crippen molar-refractivity contribution in [3.05, 3.63) is 18.2 Å². The quantitative estimate of drug-likeness (QED) is 0.179. The van der Waals surface area contributed by atoms with Crippen molar-refractivity contribution in [2.75, 3.05) is 5.75 Å². The van der Waals surface area contributed by atoms with Crippen molar-refractivity contribution >= 4 is 36.3 Å². The summed E-state index contributed by atoms with van der Waals surface area (Å²) in [6, 6.07) is -3.97. The van der Waals surface area contributed by atoms with Gasteiger partial charge in [-0.15, -0.1) is 0 Å². The molecule has 0 radical (unpaired) electrons. The lowest BCUT2D eigenvalue weighted by Crippen LogP contribution is -2.58. The van der Waals surface area contributed by atoms with E-state index in [1.807, 2.05) is 27.7 Å². The number of nitrogens with two attached hydrogens (primary N) is 1. The molecule has 1 heterocycles. The highest BCUT2D eigenvalue weighted by atomic mass is 32.1. The van der Waals surface area contributed by atoms with Crippen LogP contribution < -0.4 is 21.7 Å². The molecule has 0 aromatic carbocycles. The fraction of sp³-hybridized carbons (Fsp3) is 0.667. The van der Waals surface area contributed by atoms with E-state index < -0.39 is 47.9 Å². The van der Waals surface area contributed by atoms with Gasteiger partial charge in [-0.25, -0.2) is 9.78 Å². The maximum absolute atomic E-state index is 12.9. The van der Waals surface area contributed by atoms with Gasteiger partial charge >= 0.3 is 5.97 Å². The molecule has 0 aliphatic rings. The third-order valence-electron chi connectivity index (χ3n) is 4.81. The summed E-state index contributed by atoms with van der Waals surface area (Å²) in [5.74, 6) is -2.83. The summed E-state index contributed by atoms with van der Waals surface area (Å²) in [5, 5.41) is 17.0. The maximum atomic E-state index is 12.9. The largest absolute Gasteiger partial charge is 0.480 e. The van der Waals surface area contributed by atoms with Crippen LogP contribution >= 0.6 is 12.6 Å². The molecule has 1 aromatic heterocycles. The summed E-state index contributed by atoms with van der Waals surface area (Å²) >= 11 is 4.12. The Morgan fingerprint density at radius 3 is 1.97 bits per heavy atom. The summed E-state index contributed by atoms with van der Waals surface area (Å²) in [6.07, 6.45) is 3.82. The Kier molecular flexibility index (Phi) is 11.9. The predicted octanol–water partition coefficient (Wildman–Crippen LogP) is -0.159. The minimum absolute atomic E-state index is 0.0482. The Labute approximate surface area is 199 Å². The van der Waals surface area contributed by atoms with Crippen LogP contribution in [0.3, 0.4) is 0 Å². The number of imidazole rings is 1. The number of hydrogen-bond acceptors (Lipinski definition) is 7. The van der Waals surface area contributed by atoms with Gasteiger partial charge in [-0.1, -0.05) is 27.7 Å². The standard InChI is InChI=1S/C21H36N6O5S/c1-11(2)5-15(25-18(28)14(22)7-13-8-23-10-24-13)19(29)27-17(9-33)20(30)26-16(21(31)32)6-12(3)4/h8,10-12,14-17,33H,5-7,9,22H2,1-4H3,(H,23,24)(H,25,28)(H,26,30)(H,27,29)(H,31,32). The number of rotatable bonds is 14. The van der Waals surface area contributed by atoms with Crippen molar-refractivity contribution in [2.24, 2.45) is 17.6 Å². The molecule has 0 aliphatic heterocycles. The molecule has 0 spiro atoms. The van der Waals surface area contributed by atoms with Crippen LogP contribution in [0.5, 0.6) is 0 Å². The number of hydrogen-bond donors (Lipinski definition) is 7. The van der Waals surface area contributed by atoms with Crippen molar-refractivity contribution in [1.29, 1.82) is 0 Å². The number of aromatic nitrogens is 2. The molecule has 12 heteroatoms. The van der Waals surface area contributed by atoms with Crippen LogP contribution in [0.1, 0.15) is 46.2 Å². The molecule has 11 nitrogen and oxygen atoms in total. The Morgan fingerprint density at radius 2 is 1.48 bits per heavy atom. The third kappa shape index (κ3) is 10.3. The Hall–Kier alpha value is -2.60. The first-order valence-corrected chi connectivity index (χ1v) is 11.5. The van der Waals surface area contributed by atoms with Gasteiger partial charge in [-0.05, 0) is 24.7 Å². The van der Waals surface area contributed by atoms with Gasteiger partial charge in [0.05, 0.1) is 12.4 Å². The SMILES string of the molecule is CC(C)CC(NC(=O)C(CS)NC(=O)C(CC(C)C)NC(=O)C(N)Cc1cnc[nH]1)C(=O)O. The number of nitrogens with one attached hydrogen (secondary N) is 4. The van der Waals surface area contributed by atoms with Crippen LogP contribution in [0.2, 0.25) is 0 Å². The highest BCUT2D eigenvalue weighted by Gasteiger charge is 2.30.